The van der Waals surface area contributed by atoms with Crippen LogP contribution >= 0.6 is 0 Å². The first-order valence-corrected chi connectivity index (χ1v) is 13.4. The molecule has 42 heavy (non-hydrogen) atoms. The molecule has 4 aromatic rings. The van der Waals surface area contributed by atoms with E-state index in [9.17, 15) is 18.0 Å². The number of benzene rings is 1. The lowest BCUT2D eigenvalue weighted by Crippen LogP contribution is -2.42. The van der Waals surface area contributed by atoms with Gasteiger partial charge in [0, 0.05) is 37.7 Å². The smallest absolute Gasteiger partial charge is 0.274 e. The molecule has 1 saturated carbocycles. The van der Waals surface area contributed by atoms with Crippen LogP contribution < -0.4 is 15.8 Å². The Balaban J connectivity index is 1.37. The average molecular weight is 582 g/mol. The zero-order valence-electron chi connectivity index (χ0n) is 23.0. The van der Waals surface area contributed by atoms with Crippen LogP contribution in [0.2, 0.25) is 0 Å². The summed E-state index contributed by atoms with van der Waals surface area (Å²) in [6, 6.07) is 5.52. The summed E-state index contributed by atoms with van der Waals surface area (Å²) < 4.78 is 56.5. The molecule has 0 saturated heterocycles. The van der Waals surface area contributed by atoms with E-state index in [1.54, 1.807) is 23.3 Å². The molecule has 4 atom stereocenters. The average Bonchev–Trinajstić information content (AvgIpc) is 3.48. The molecule has 220 valence electrons. The van der Waals surface area contributed by atoms with Crippen LogP contribution in [0.15, 0.2) is 55.1 Å². The summed E-state index contributed by atoms with van der Waals surface area (Å²) >= 11 is 0. The van der Waals surface area contributed by atoms with Gasteiger partial charge in [-0.25, -0.2) is 22.8 Å². The second-order valence-electron chi connectivity index (χ2n) is 10.2. The molecule has 10 nitrogen and oxygen atoms in total. The number of halogens is 3. The van der Waals surface area contributed by atoms with Crippen molar-refractivity contribution in [1.82, 2.24) is 25.0 Å². The quantitative estimate of drug-likeness (QED) is 0.276. The van der Waals surface area contributed by atoms with Gasteiger partial charge in [0.1, 0.15) is 41.2 Å². The van der Waals surface area contributed by atoms with E-state index in [2.05, 4.69) is 32.5 Å². The number of hydrogen-bond donors (Lipinski definition) is 2. The molecule has 0 aliphatic heterocycles. The lowest BCUT2D eigenvalue weighted by molar-refractivity contribution is 0.102. The molecule has 0 radical (unpaired) electrons. The van der Waals surface area contributed by atoms with Gasteiger partial charge < -0.3 is 20.5 Å². The van der Waals surface area contributed by atoms with E-state index in [1.807, 2.05) is 6.07 Å². The third kappa shape index (κ3) is 6.11. The first kappa shape index (κ1) is 29.1. The first-order chi connectivity index (χ1) is 20.3. The highest BCUT2D eigenvalue weighted by Crippen LogP contribution is 2.42. The summed E-state index contributed by atoms with van der Waals surface area (Å²) in [5.74, 6) is -3.78. The van der Waals surface area contributed by atoms with E-state index in [1.165, 1.54) is 13.3 Å². The highest BCUT2D eigenvalue weighted by Gasteiger charge is 2.37. The maximum absolute atomic E-state index is 14.9. The Labute approximate surface area is 240 Å². The van der Waals surface area contributed by atoms with E-state index < -0.39 is 34.6 Å². The van der Waals surface area contributed by atoms with Gasteiger partial charge >= 0.3 is 0 Å². The number of anilines is 1. The fraction of sp³-hybridized carbons (Fsp3) is 0.345. The number of methoxy groups -OCH3 is 1. The van der Waals surface area contributed by atoms with Crippen LogP contribution in [0.25, 0.3) is 11.3 Å². The molecule has 0 bridgehead atoms. The molecular weight excluding hydrogens is 551 g/mol. The number of nitrogens with zero attached hydrogens (tertiary/aromatic N) is 5. The molecule has 1 fully saturated rings. The number of amides is 1. The van der Waals surface area contributed by atoms with E-state index >= 15 is 0 Å². The number of pyridine rings is 2. The highest BCUT2D eigenvalue weighted by molar-refractivity contribution is 6.03. The summed E-state index contributed by atoms with van der Waals surface area (Å²) in [5, 5.41) is 10.8. The number of rotatable bonds is 9. The zero-order valence-corrected chi connectivity index (χ0v) is 23.0. The number of carbonyl (C=O) groups is 1. The highest BCUT2D eigenvalue weighted by atomic mass is 19.1. The fourth-order valence-corrected chi connectivity index (χ4v) is 5.56. The van der Waals surface area contributed by atoms with E-state index in [-0.39, 0.29) is 48.6 Å². The molecule has 1 amide bonds. The second-order valence-corrected chi connectivity index (χ2v) is 10.2. The lowest BCUT2D eigenvalue weighted by atomic mass is 9.73. The number of carbonyl (C=O) groups excluding carboxylic acids is 1. The van der Waals surface area contributed by atoms with Gasteiger partial charge in [0.05, 0.1) is 36.3 Å². The minimum atomic E-state index is -1.09. The first-order valence-electron chi connectivity index (χ1n) is 13.4. The van der Waals surface area contributed by atoms with Crippen LogP contribution in [0, 0.1) is 23.4 Å². The molecule has 1 aliphatic rings. The SMILES string of the molecule is COCCOc1cc(F)c(-c2nc(C(=O)Nc3cnccc3C3C[C@@H](N)[C@@H](n4ccnn4)[C@@H](C)C3)ccc2F)c(F)c1. The van der Waals surface area contributed by atoms with Crippen LogP contribution in [-0.4, -0.2) is 57.2 Å². The van der Waals surface area contributed by atoms with Crippen molar-refractivity contribution in [3.63, 3.8) is 0 Å². The van der Waals surface area contributed by atoms with Crippen molar-refractivity contribution in [2.45, 2.75) is 37.8 Å². The predicted octanol–water partition coefficient (Wildman–Crippen LogP) is 4.51. The molecule has 3 heterocycles. The molecular formula is C29H30F3N7O3. The summed E-state index contributed by atoms with van der Waals surface area (Å²) in [4.78, 5) is 21.4. The van der Waals surface area contributed by atoms with E-state index in [0.29, 0.717) is 12.1 Å². The van der Waals surface area contributed by atoms with Gasteiger partial charge in [-0.05, 0) is 48.4 Å². The Bertz CT molecular complexity index is 1520. The third-order valence-corrected chi connectivity index (χ3v) is 7.41. The Morgan fingerprint density at radius 2 is 1.88 bits per heavy atom. The number of nitrogens with one attached hydrogen (secondary N) is 1. The van der Waals surface area contributed by atoms with Crippen molar-refractivity contribution in [2.24, 2.45) is 11.7 Å². The fourth-order valence-electron chi connectivity index (χ4n) is 5.56. The van der Waals surface area contributed by atoms with Gasteiger partial charge in [-0.2, -0.15) is 0 Å². The second kappa shape index (κ2) is 12.7. The normalized spacial score (nSPS) is 20.3. The Hall–Kier alpha value is -4.36. The molecule has 13 heteroatoms. The van der Waals surface area contributed by atoms with Gasteiger partial charge in [0.25, 0.3) is 5.91 Å². The monoisotopic (exact) mass is 581 g/mol. The molecule has 3 N–H and O–H groups in total. The largest absolute Gasteiger partial charge is 0.491 e. The molecule has 0 spiro atoms. The summed E-state index contributed by atoms with van der Waals surface area (Å²) in [5.41, 5.74) is 6.25. The van der Waals surface area contributed by atoms with Gasteiger partial charge in [0.2, 0.25) is 0 Å². The number of nitrogens with two attached hydrogens (primary N) is 1. The van der Waals surface area contributed by atoms with E-state index in [0.717, 1.165) is 36.2 Å². The van der Waals surface area contributed by atoms with Gasteiger partial charge in [0.15, 0.2) is 0 Å². The van der Waals surface area contributed by atoms with Crippen molar-refractivity contribution in [3.8, 4) is 17.0 Å². The van der Waals surface area contributed by atoms with Crippen LogP contribution in [-0.2, 0) is 4.74 Å². The maximum atomic E-state index is 14.9. The Kier molecular flexibility index (Phi) is 8.78. The van der Waals surface area contributed by atoms with Crippen molar-refractivity contribution in [1.29, 1.82) is 0 Å². The van der Waals surface area contributed by atoms with Gasteiger partial charge in [-0.3, -0.25) is 9.78 Å². The predicted molar refractivity (Wildman–Crippen MR) is 147 cm³/mol. The third-order valence-electron chi connectivity index (χ3n) is 7.41. The van der Waals surface area contributed by atoms with Gasteiger partial charge in [-0.15, -0.1) is 5.10 Å². The Morgan fingerprint density at radius 3 is 2.57 bits per heavy atom. The van der Waals surface area contributed by atoms with Crippen LogP contribution in [0.4, 0.5) is 18.9 Å². The number of hydrogen-bond acceptors (Lipinski definition) is 8. The van der Waals surface area contributed by atoms with Crippen LogP contribution in [0.1, 0.15) is 47.8 Å². The molecule has 1 aliphatic carbocycles. The van der Waals surface area contributed by atoms with Crippen molar-refractivity contribution in [3.05, 3.63) is 83.8 Å². The molecule has 5 rings (SSSR count). The van der Waals surface area contributed by atoms with Crippen LogP contribution in [0.5, 0.6) is 5.75 Å². The summed E-state index contributed by atoms with van der Waals surface area (Å²) in [6.45, 7) is 2.38. The van der Waals surface area contributed by atoms with Crippen molar-refractivity contribution in [2.75, 3.05) is 25.6 Å². The minimum absolute atomic E-state index is 0.0117. The number of ether oxygens (including phenoxy) is 2. The molecule has 1 unspecified atom stereocenters. The minimum Gasteiger partial charge on any atom is -0.491 e. The lowest BCUT2D eigenvalue weighted by Gasteiger charge is -2.39. The standard InChI is InChI=1S/C29H30F3N7O3/c1-16-11-17(12-23(33)28(16)39-8-7-35-38-39)19-5-6-34-15-25(19)37-29(40)24-4-3-20(30)27(36-24)26-21(31)13-18(14-22(26)32)42-10-9-41-2/h3-8,13-17,23,28H,9-12,33H2,1-2H3,(H,37,40)/t16-,17?,23+,28-/m0/s1. The zero-order chi connectivity index (χ0) is 29.8. The molecule has 3 aromatic heterocycles. The number of aromatic nitrogens is 5. The Morgan fingerprint density at radius 1 is 1.10 bits per heavy atom. The maximum Gasteiger partial charge on any atom is 0.274 e. The molecule has 1 aromatic carbocycles. The van der Waals surface area contributed by atoms with Crippen molar-refractivity contribution < 1.29 is 27.4 Å². The van der Waals surface area contributed by atoms with E-state index in [4.69, 9.17) is 15.2 Å². The summed E-state index contributed by atoms with van der Waals surface area (Å²) in [7, 11) is 1.46. The van der Waals surface area contributed by atoms with Crippen LogP contribution in [0.3, 0.4) is 0 Å². The topological polar surface area (TPSA) is 130 Å². The summed E-state index contributed by atoms with van der Waals surface area (Å²) in [6.07, 6.45) is 7.96. The van der Waals surface area contributed by atoms with Gasteiger partial charge in [-0.1, -0.05) is 12.1 Å². The van der Waals surface area contributed by atoms with Crippen molar-refractivity contribution >= 4 is 11.6 Å².